The monoisotopic (exact) mass is 182 g/mol. The van der Waals surface area contributed by atoms with Crippen LogP contribution in [-0.2, 0) is 0 Å². The first-order chi connectivity index (χ1) is 5.55. The fourth-order valence-electron chi connectivity index (χ4n) is 1.62. The Morgan fingerprint density at radius 2 is 2.17 bits per heavy atom. The second-order valence-electron chi connectivity index (χ2n) is 3.01. The molecule has 5 heteroatoms. The Hall–Kier alpha value is -0.290. The van der Waals surface area contributed by atoms with Crippen molar-refractivity contribution < 1.29 is 13.2 Å². The van der Waals surface area contributed by atoms with E-state index in [-0.39, 0.29) is 12.6 Å². The van der Waals surface area contributed by atoms with Crippen LogP contribution in [0.3, 0.4) is 0 Å². The van der Waals surface area contributed by atoms with Crippen LogP contribution in [0.25, 0.3) is 0 Å². The number of hydrogen-bond acceptors (Lipinski definition) is 2. The molecule has 1 N–H and O–H groups in total. The molecule has 0 aromatic carbocycles. The summed E-state index contributed by atoms with van der Waals surface area (Å²) in [5.74, 6) is 0. The van der Waals surface area contributed by atoms with Crippen LogP contribution in [0.1, 0.15) is 12.8 Å². The molecule has 0 amide bonds. The van der Waals surface area contributed by atoms with E-state index >= 15 is 0 Å². The van der Waals surface area contributed by atoms with Crippen molar-refractivity contribution in [3.05, 3.63) is 0 Å². The van der Waals surface area contributed by atoms with E-state index in [1.54, 1.807) is 7.05 Å². The number of nitrogens with zero attached hydrogens (tertiary/aromatic N) is 1. The molecule has 0 aromatic rings. The van der Waals surface area contributed by atoms with E-state index in [1.807, 2.05) is 0 Å². The number of hydrogen-bond donors (Lipinski definition) is 1. The van der Waals surface area contributed by atoms with Crippen LogP contribution in [0.4, 0.5) is 13.2 Å². The summed E-state index contributed by atoms with van der Waals surface area (Å²) < 4.78 is 36.7. The van der Waals surface area contributed by atoms with Crippen LogP contribution >= 0.6 is 0 Å². The summed E-state index contributed by atoms with van der Waals surface area (Å²) in [5.41, 5.74) is 0. The summed E-state index contributed by atoms with van der Waals surface area (Å²) in [6.45, 7) is 0.565. The van der Waals surface area contributed by atoms with Gasteiger partial charge in [0.1, 0.15) is 0 Å². The van der Waals surface area contributed by atoms with Crippen LogP contribution in [0.5, 0.6) is 0 Å². The zero-order valence-corrected chi connectivity index (χ0v) is 6.99. The molecule has 1 aliphatic rings. The van der Waals surface area contributed by atoms with Gasteiger partial charge in [0.2, 0.25) is 0 Å². The molecular formula is C7H13F3N2. The van der Waals surface area contributed by atoms with Gasteiger partial charge in [-0.2, -0.15) is 13.2 Å². The van der Waals surface area contributed by atoms with Crippen LogP contribution < -0.4 is 5.32 Å². The molecule has 0 unspecified atom stereocenters. The standard InChI is InChI=1S/C7H13F3N2/c1-11-5-6-3-2-4-12(6)7(8,9)10/h6,11H,2-5H2,1H3/t6-/m0/s1. The van der Waals surface area contributed by atoms with E-state index in [0.717, 1.165) is 0 Å². The maximum atomic E-state index is 12.2. The Balaban J connectivity index is 2.52. The predicted octanol–water partition coefficient (Wildman–Crippen LogP) is 1.19. The molecule has 0 aromatic heterocycles. The quantitative estimate of drug-likeness (QED) is 0.645. The first-order valence-electron chi connectivity index (χ1n) is 4.04. The lowest BCUT2D eigenvalue weighted by atomic mass is 10.2. The lowest BCUT2D eigenvalue weighted by Crippen LogP contribution is -2.45. The van der Waals surface area contributed by atoms with E-state index in [9.17, 15) is 13.2 Å². The molecule has 0 spiro atoms. The van der Waals surface area contributed by atoms with E-state index in [2.05, 4.69) is 5.32 Å². The molecule has 1 saturated heterocycles. The Morgan fingerprint density at radius 3 is 2.67 bits per heavy atom. The average Bonchev–Trinajstić information content (AvgIpc) is 2.34. The molecule has 12 heavy (non-hydrogen) atoms. The number of likely N-dealkylation sites (N-methyl/N-ethyl adjacent to an activating group) is 1. The third-order valence-corrected chi connectivity index (χ3v) is 2.14. The summed E-state index contributed by atoms with van der Waals surface area (Å²) in [5, 5.41) is 2.77. The molecule has 0 radical (unpaired) electrons. The van der Waals surface area contributed by atoms with Crippen LogP contribution in [-0.4, -0.2) is 37.4 Å². The fourth-order valence-corrected chi connectivity index (χ4v) is 1.62. The van der Waals surface area contributed by atoms with Gasteiger partial charge in [0.05, 0.1) is 0 Å². The van der Waals surface area contributed by atoms with Crippen molar-refractivity contribution in [3.8, 4) is 0 Å². The Labute approximate surface area is 69.7 Å². The normalized spacial score (nSPS) is 26.5. The van der Waals surface area contributed by atoms with Gasteiger partial charge in [0, 0.05) is 19.1 Å². The highest BCUT2D eigenvalue weighted by molar-refractivity contribution is 4.81. The minimum atomic E-state index is -4.15. The van der Waals surface area contributed by atoms with E-state index in [0.29, 0.717) is 24.3 Å². The second-order valence-corrected chi connectivity index (χ2v) is 3.01. The van der Waals surface area contributed by atoms with Crippen LogP contribution in [0, 0.1) is 0 Å². The molecule has 0 aliphatic carbocycles. The summed E-state index contributed by atoms with van der Waals surface area (Å²) >= 11 is 0. The molecule has 0 saturated carbocycles. The SMILES string of the molecule is CNC[C@@H]1CCCN1C(F)(F)F. The summed E-state index contributed by atoms with van der Waals surface area (Å²) in [6, 6.07) is -0.366. The Morgan fingerprint density at radius 1 is 1.50 bits per heavy atom. The zero-order chi connectivity index (χ0) is 9.19. The predicted molar refractivity (Wildman–Crippen MR) is 39.7 cm³/mol. The fraction of sp³-hybridized carbons (Fsp3) is 1.00. The third kappa shape index (κ3) is 2.10. The largest absolute Gasteiger partial charge is 0.460 e. The highest BCUT2D eigenvalue weighted by atomic mass is 19.4. The maximum absolute atomic E-state index is 12.2. The van der Waals surface area contributed by atoms with Crippen molar-refractivity contribution in [2.24, 2.45) is 0 Å². The minimum Gasteiger partial charge on any atom is -0.318 e. The van der Waals surface area contributed by atoms with Crippen molar-refractivity contribution in [2.75, 3.05) is 20.1 Å². The van der Waals surface area contributed by atoms with Gasteiger partial charge in [-0.1, -0.05) is 0 Å². The second kappa shape index (κ2) is 3.62. The zero-order valence-electron chi connectivity index (χ0n) is 6.99. The molecule has 0 bridgehead atoms. The van der Waals surface area contributed by atoms with Gasteiger partial charge in [-0.25, -0.2) is 4.90 Å². The number of rotatable bonds is 2. The van der Waals surface area contributed by atoms with Crippen molar-refractivity contribution in [2.45, 2.75) is 25.2 Å². The highest BCUT2D eigenvalue weighted by Crippen LogP contribution is 2.29. The van der Waals surface area contributed by atoms with E-state index in [4.69, 9.17) is 0 Å². The molecule has 1 rings (SSSR count). The van der Waals surface area contributed by atoms with E-state index in [1.165, 1.54) is 0 Å². The highest BCUT2D eigenvalue weighted by Gasteiger charge is 2.43. The van der Waals surface area contributed by atoms with Crippen LogP contribution in [0.15, 0.2) is 0 Å². The maximum Gasteiger partial charge on any atom is 0.460 e. The van der Waals surface area contributed by atoms with Gasteiger partial charge in [0.25, 0.3) is 0 Å². The summed E-state index contributed by atoms with van der Waals surface area (Å²) in [4.78, 5) is 0.615. The minimum absolute atomic E-state index is 0.149. The van der Waals surface area contributed by atoms with E-state index < -0.39 is 6.30 Å². The first kappa shape index (κ1) is 9.80. The first-order valence-corrected chi connectivity index (χ1v) is 4.04. The van der Waals surface area contributed by atoms with Gasteiger partial charge >= 0.3 is 6.30 Å². The van der Waals surface area contributed by atoms with Crippen molar-refractivity contribution in [1.82, 2.24) is 10.2 Å². The van der Waals surface area contributed by atoms with Crippen LogP contribution in [0.2, 0.25) is 0 Å². The van der Waals surface area contributed by atoms with Crippen molar-refractivity contribution in [1.29, 1.82) is 0 Å². The number of halogens is 3. The third-order valence-electron chi connectivity index (χ3n) is 2.14. The molecule has 1 fully saturated rings. The summed E-state index contributed by atoms with van der Waals surface area (Å²) in [7, 11) is 1.67. The molecular weight excluding hydrogens is 169 g/mol. The van der Waals surface area contributed by atoms with Gasteiger partial charge in [-0.15, -0.1) is 0 Å². The summed E-state index contributed by atoms with van der Waals surface area (Å²) in [6.07, 6.45) is -2.87. The molecule has 2 nitrogen and oxygen atoms in total. The van der Waals surface area contributed by atoms with Crippen molar-refractivity contribution in [3.63, 3.8) is 0 Å². The topological polar surface area (TPSA) is 15.3 Å². The Bertz CT molecular complexity index is 146. The molecule has 1 heterocycles. The number of nitrogens with one attached hydrogen (secondary N) is 1. The average molecular weight is 182 g/mol. The number of likely N-dealkylation sites (tertiary alicyclic amines) is 1. The lowest BCUT2D eigenvalue weighted by Gasteiger charge is -2.26. The molecule has 1 aliphatic heterocycles. The van der Waals surface area contributed by atoms with Gasteiger partial charge in [-0.05, 0) is 19.9 Å². The van der Waals surface area contributed by atoms with Gasteiger partial charge in [-0.3, -0.25) is 0 Å². The van der Waals surface area contributed by atoms with Crippen molar-refractivity contribution >= 4 is 0 Å². The lowest BCUT2D eigenvalue weighted by molar-refractivity contribution is -0.249. The smallest absolute Gasteiger partial charge is 0.318 e. The number of alkyl halides is 3. The molecule has 72 valence electrons. The van der Waals surface area contributed by atoms with Gasteiger partial charge in [0.15, 0.2) is 0 Å². The molecule has 1 atom stereocenters. The van der Waals surface area contributed by atoms with Gasteiger partial charge < -0.3 is 5.32 Å². The Kier molecular flexibility index (Phi) is 2.95.